The Morgan fingerprint density at radius 3 is 2.22 bits per heavy atom. The van der Waals surface area contributed by atoms with Crippen molar-refractivity contribution < 1.29 is 28.3 Å². The molecule has 0 heterocycles. The van der Waals surface area contributed by atoms with Gasteiger partial charge in [-0.2, -0.15) is 35.3 Å². The van der Waals surface area contributed by atoms with Crippen molar-refractivity contribution in [3.05, 3.63) is 89.0 Å². The number of aryl methyl sites for hydroxylation is 1. The summed E-state index contributed by atoms with van der Waals surface area (Å²) in [6, 6.07) is 17.6. The van der Waals surface area contributed by atoms with Gasteiger partial charge in [0.2, 0.25) is 0 Å². The molecule has 0 aliphatic rings. The van der Waals surface area contributed by atoms with Crippen molar-refractivity contribution in [2.75, 3.05) is 0 Å². The molecule has 0 aliphatic carbocycles. The topological polar surface area (TPSA) is 12.4 Å². The van der Waals surface area contributed by atoms with Crippen LogP contribution < -0.4 is 0 Å². The predicted octanol–water partition coefficient (Wildman–Crippen LogP) is 5.87. The van der Waals surface area contributed by atoms with Gasteiger partial charge in [-0.15, -0.1) is 0 Å². The third kappa shape index (κ3) is 5.03. The summed E-state index contributed by atoms with van der Waals surface area (Å²) in [5.41, 5.74) is 2.93. The summed E-state index contributed by atoms with van der Waals surface area (Å²) in [5, 5.41) is 2.10. The van der Waals surface area contributed by atoms with Crippen molar-refractivity contribution in [2.24, 2.45) is 4.99 Å². The van der Waals surface area contributed by atoms with Gasteiger partial charge in [0, 0.05) is 17.7 Å². The van der Waals surface area contributed by atoms with Crippen LogP contribution >= 0.6 is 12.2 Å². The standard InChI is InChI=1S/C22H12F2NS.Ru/c1-15-11-18(22-20(23)12-19(25-14-26)13-21(22)24)10-9-17(15)8-7-16-5-3-2-4-6-16;/h3-6,9-13H,1H3;/q-1;+1. The van der Waals surface area contributed by atoms with Crippen molar-refractivity contribution in [1.29, 1.82) is 0 Å². The van der Waals surface area contributed by atoms with Crippen LogP contribution in [0.3, 0.4) is 0 Å². The van der Waals surface area contributed by atoms with Gasteiger partial charge in [-0.1, -0.05) is 23.5 Å². The van der Waals surface area contributed by atoms with Crippen molar-refractivity contribution in [1.82, 2.24) is 0 Å². The molecule has 1 radical (unpaired) electrons. The van der Waals surface area contributed by atoms with E-state index in [0.717, 1.165) is 28.8 Å². The van der Waals surface area contributed by atoms with Crippen LogP contribution in [0, 0.1) is 36.5 Å². The summed E-state index contributed by atoms with van der Waals surface area (Å²) >= 11 is 4.46. The van der Waals surface area contributed by atoms with Gasteiger partial charge in [-0.05, 0) is 42.4 Å². The first-order valence-electron chi connectivity index (χ1n) is 7.74. The number of benzene rings is 3. The summed E-state index contributed by atoms with van der Waals surface area (Å²) in [4.78, 5) is 3.61. The smallest absolute Gasteiger partial charge is 0.206 e. The first-order valence-corrected chi connectivity index (χ1v) is 8.15. The molecule has 0 aromatic heterocycles. The molecule has 0 amide bonds. The quantitative estimate of drug-likeness (QED) is 0.153. The van der Waals surface area contributed by atoms with Crippen LogP contribution in [0.1, 0.15) is 16.7 Å². The average molecular weight is 461 g/mol. The van der Waals surface area contributed by atoms with Crippen molar-refractivity contribution in [3.63, 3.8) is 0 Å². The molecule has 5 heteroatoms. The Balaban J connectivity index is 0.00000261. The molecule has 27 heavy (non-hydrogen) atoms. The third-order valence-corrected chi connectivity index (χ3v) is 3.87. The van der Waals surface area contributed by atoms with Crippen LogP contribution in [0.5, 0.6) is 0 Å². The molecule has 133 valence electrons. The fourth-order valence-corrected chi connectivity index (χ4v) is 2.63. The maximum atomic E-state index is 14.3. The van der Waals surface area contributed by atoms with E-state index in [1.165, 1.54) is 0 Å². The van der Waals surface area contributed by atoms with Crippen molar-refractivity contribution in [3.8, 4) is 23.0 Å². The fourth-order valence-electron chi connectivity index (χ4n) is 2.52. The second kappa shape index (κ2) is 9.44. The molecule has 0 atom stereocenters. The van der Waals surface area contributed by atoms with Crippen LogP contribution in [-0.2, 0) is 19.5 Å². The van der Waals surface area contributed by atoms with E-state index < -0.39 is 11.6 Å². The minimum Gasteiger partial charge on any atom is -0.206 e. The molecule has 3 aromatic carbocycles. The average Bonchev–Trinajstić information content (AvgIpc) is 2.61. The van der Waals surface area contributed by atoms with Crippen LogP contribution in [0.15, 0.2) is 59.6 Å². The van der Waals surface area contributed by atoms with Crippen LogP contribution in [0.2, 0.25) is 0 Å². The monoisotopic (exact) mass is 462 g/mol. The maximum Gasteiger partial charge on any atom is 1.00 e. The Bertz CT molecular complexity index is 1060. The molecule has 3 rings (SSSR count). The number of halogens is 2. The zero-order chi connectivity index (χ0) is 18.5. The SMILES string of the molecule is Cc1cc(-c2c(F)cc(N=C=S)cc2F)ccc1C#Cc1cc[c-]cc1.[Ru+]. The number of isothiocyanates is 1. The van der Waals surface area contributed by atoms with Crippen LogP contribution in [0.25, 0.3) is 11.1 Å². The van der Waals surface area contributed by atoms with Gasteiger partial charge in [0.1, 0.15) is 11.6 Å². The zero-order valence-electron chi connectivity index (χ0n) is 14.2. The Morgan fingerprint density at radius 2 is 1.63 bits per heavy atom. The first kappa shape index (κ1) is 20.8. The van der Waals surface area contributed by atoms with Gasteiger partial charge in [-0.25, -0.2) is 8.78 Å². The molecule has 0 saturated carbocycles. The summed E-state index contributed by atoms with van der Waals surface area (Å²) in [6.45, 7) is 1.85. The molecule has 0 N–H and O–H groups in total. The maximum absolute atomic E-state index is 14.3. The number of thiocarbonyl (C=S) groups is 1. The Labute approximate surface area is 174 Å². The molecule has 0 aliphatic heterocycles. The molecule has 1 nitrogen and oxygen atoms in total. The summed E-state index contributed by atoms with van der Waals surface area (Å²) < 4.78 is 28.7. The fraction of sp³-hybridized carbons (Fsp3) is 0.0455. The van der Waals surface area contributed by atoms with E-state index in [-0.39, 0.29) is 30.7 Å². The molecule has 0 unspecified atom stereocenters. The molecule has 3 aromatic rings. The molecule has 0 spiro atoms. The number of nitrogens with zero attached hydrogens (tertiary/aromatic N) is 1. The zero-order valence-corrected chi connectivity index (χ0v) is 16.7. The molecule has 0 bridgehead atoms. The van der Waals surface area contributed by atoms with Gasteiger partial charge in [0.25, 0.3) is 0 Å². The van der Waals surface area contributed by atoms with Crippen molar-refractivity contribution >= 4 is 23.1 Å². The second-order valence-electron chi connectivity index (χ2n) is 5.56. The van der Waals surface area contributed by atoms with Gasteiger partial charge in [0.05, 0.1) is 16.4 Å². The Hall–Kier alpha value is -2.50. The van der Waals surface area contributed by atoms with Gasteiger partial charge in [0.15, 0.2) is 0 Å². The van der Waals surface area contributed by atoms with E-state index in [1.807, 2.05) is 19.1 Å². The molecule has 0 fully saturated rings. The number of aliphatic imine (C=N–C) groups is 1. The number of hydrogen-bond donors (Lipinski definition) is 0. The minimum absolute atomic E-state index is 0. The van der Waals surface area contributed by atoms with Crippen LogP contribution in [-0.4, -0.2) is 5.16 Å². The minimum atomic E-state index is -0.701. The van der Waals surface area contributed by atoms with E-state index in [1.54, 1.807) is 30.3 Å². The summed E-state index contributed by atoms with van der Waals surface area (Å²) in [7, 11) is 0. The molecular weight excluding hydrogens is 449 g/mol. The molecular formula is C22H12F2NRuS. The second-order valence-corrected chi connectivity index (χ2v) is 5.74. The number of hydrogen-bond acceptors (Lipinski definition) is 2. The number of rotatable bonds is 2. The van der Waals surface area contributed by atoms with Crippen LogP contribution in [0.4, 0.5) is 14.5 Å². The third-order valence-electron chi connectivity index (χ3n) is 3.78. The van der Waals surface area contributed by atoms with Gasteiger partial charge < -0.3 is 0 Å². The Kier molecular flexibility index (Phi) is 7.28. The summed E-state index contributed by atoms with van der Waals surface area (Å²) in [5.74, 6) is 4.73. The van der Waals surface area contributed by atoms with E-state index in [0.29, 0.717) is 5.56 Å². The Morgan fingerprint density at radius 1 is 0.963 bits per heavy atom. The van der Waals surface area contributed by atoms with E-state index in [4.69, 9.17) is 0 Å². The van der Waals surface area contributed by atoms with E-state index in [9.17, 15) is 8.78 Å². The summed E-state index contributed by atoms with van der Waals surface area (Å²) in [6.07, 6.45) is 0. The van der Waals surface area contributed by atoms with E-state index in [2.05, 4.69) is 40.3 Å². The van der Waals surface area contributed by atoms with Gasteiger partial charge >= 0.3 is 19.5 Å². The largest absolute Gasteiger partial charge is 1.00 e. The first-order chi connectivity index (χ1) is 12.6. The van der Waals surface area contributed by atoms with Crippen molar-refractivity contribution in [2.45, 2.75) is 6.92 Å². The predicted molar refractivity (Wildman–Crippen MR) is 102 cm³/mol. The van der Waals surface area contributed by atoms with E-state index >= 15 is 0 Å². The van der Waals surface area contributed by atoms with Gasteiger partial charge in [-0.3, -0.25) is 0 Å². The molecule has 0 saturated heterocycles. The normalized spacial score (nSPS) is 9.44.